The highest BCUT2D eigenvalue weighted by Gasteiger charge is 2.32. The summed E-state index contributed by atoms with van der Waals surface area (Å²) in [5.41, 5.74) is 5.34. The molecule has 33 heavy (non-hydrogen) atoms. The van der Waals surface area contributed by atoms with Crippen molar-refractivity contribution in [2.24, 2.45) is 0 Å². The van der Waals surface area contributed by atoms with Gasteiger partial charge in [-0.1, -0.05) is 48.5 Å². The van der Waals surface area contributed by atoms with Gasteiger partial charge in [-0.2, -0.15) is 0 Å². The smallest absolute Gasteiger partial charge is 0.410 e. The van der Waals surface area contributed by atoms with Crippen molar-refractivity contribution >= 4 is 12.1 Å². The van der Waals surface area contributed by atoms with Crippen molar-refractivity contribution in [1.29, 1.82) is 0 Å². The molecule has 2 heterocycles. The highest BCUT2D eigenvalue weighted by atomic mass is 16.6. The van der Waals surface area contributed by atoms with E-state index in [2.05, 4.69) is 29.2 Å². The molecule has 3 aromatic rings. The molecule has 0 bridgehead atoms. The molecule has 1 aromatic heterocycles. The van der Waals surface area contributed by atoms with Gasteiger partial charge in [-0.05, 0) is 40.3 Å². The molecule has 0 saturated carbocycles. The second-order valence-corrected chi connectivity index (χ2v) is 8.25. The first-order chi connectivity index (χ1) is 16.1. The van der Waals surface area contributed by atoms with Gasteiger partial charge >= 0.3 is 12.1 Å². The van der Waals surface area contributed by atoms with E-state index in [1.165, 1.54) is 17.3 Å². The summed E-state index contributed by atoms with van der Waals surface area (Å²) in [6.07, 6.45) is 3.11. The molecule has 2 aromatic carbocycles. The lowest BCUT2D eigenvalue weighted by Gasteiger charge is -2.29. The minimum Gasteiger partial charge on any atom is -0.478 e. The van der Waals surface area contributed by atoms with E-state index in [-0.39, 0.29) is 24.7 Å². The predicted octanol–water partition coefficient (Wildman–Crippen LogP) is 4.49. The summed E-state index contributed by atoms with van der Waals surface area (Å²) < 4.78 is 11.5. The molecule has 1 unspecified atom stereocenters. The standard InChI is InChI=1S/C26H24N2O5/c29-25(30)18-12-17(13-27-14-18)24-16-32-11-5-10-28(24)26(31)33-15-23-21-8-3-1-6-19(21)20-7-2-4-9-22(20)23/h1-4,6-9,12-14,23-24H,5,10-11,15-16H2,(H,29,30). The van der Waals surface area contributed by atoms with Crippen molar-refractivity contribution < 1.29 is 24.2 Å². The van der Waals surface area contributed by atoms with E-state index in [1.54, 1.807) is 17.2 Å². The van der Waals surface area contributed by atoms with Gasteiger partial charge in [0.2, 0.25) is 0 Å². The van der Waals surface area contributed by atoms with Gasteiger partial charge in [0.25, 0.3) is 0 Å². The van der Waals surface area contributed by atoms with Crippen LogP contribution in [0.3, 0.4) is 0 Å². The predicted molar refractivity (Wildman–Crippen MR) is 121 cm³/mol. The highest BCUT2D eigenvalue weighted by molar-refractivity contribution is 5.87. The van der Waals surface area contributed by atoms with Crippen molar-refractivity contribution in [1.82, 2.24) is 9.88 Å². The molecule has 5 rings (SSSR count). The van der Waals surface area contributed by atoms with Gasteiger partial charge in [0, 0.05) is 31.5 Å². The zero-order valence-electron chi connectivity index (χ0n) is 18.0. The average molecular weight is 444 g/mol. The second kappa shape index (κ2) is 9.03. The first-order valence-electron chi connectivity index (χ1n) is 11.0. The number of amides is 1. The number of benzene rings is 2. The van der Waals surface area contributed by atoms with Crippen molar-refractivity contribution in [3.05, 3.63) is 89.2 Å². The largest absolute Gasteiger partial charge is 0.478 e. The number of carboxylic acid groups (broad SMARTS) is 1. The molecule has 1 aliphatic heterocycles. The van der Waals surface area contributed by atoms with Crippen molar-refractivity contribution in [2.75, 3.05) is 26.4 Å². The van der Waals surface area contributed by atoms with Crippen LogP contribution in [0.4, 0.5) is 4.79 Å². The number of fused-ring (bicyclic) bond motifs is 3. The van der Waals surface area contributed by atoms with Crippen molar-refractivity contribution in [3.8, 4) is 11.1 Å². The Balaban J connectivity index is 1.37. The monoisotopic (exact) mass is 444 g/mol. The Bertz CT molecular complexity index is 1150. The molecular weight excluding hydrogens is 420 g/mol. The van der Waals surface area contributed by atoms with E-state index in [4.69, 9.17) is 9.47 Å². The zero-order valence-corrected chi connectivity index (χ0v) is 18.0. The molecule has 1 fully saturated rings. The molecule has 7 nitrogen and oxygen atoms in total. The maximum absolute atomic E-state index is 13.2. The van der Waals surface area contributed by atoms with Gasteiger partial charge < -0.3 is 14.6 Å². The summed E-state index contributed by atoms with van der Waals surface area (Å²) in [4.78, 5) is 30.3. The van der Waals surface area contributed by atoms with Crippen LogP contribution < -0.4 is 0 Å². The molecule has 2 aliphatic rings. The Morgan fingerprint density at radius 1 is 1.06 bits per heavy atom. The fourth-order valence-electron chi connectivity index (χ4n) is 4.71. The number of ether oxygens (including phenoxy) is 2. The van der Waals surface area contributed by atoms with Crippen LogP contribution >= 0.6 is 0 Å². The summed E-state index contributed by atoms with van der Waals surface area (Å²) in [6.45, 7) is 1.47. The number of aromatic carboxylic acids is 1. The number of hydrogen-bond acceptors (Lipinski definition) is 5. The summed E-state index contributed by atoms with van der Waals surface area (Å²) in [5, 5.41) is 9.33. The van der Waals surface area contributed by atoms with Gasteiger partial charge in [-0.25, -0.2) is 9.59 Å². The van der Waals surface area contributed by atoms with E-state index < -0.39 is 18.1 Å². The van der Waals surface area contributed by atoms with Crippen LogP contribution in [0, 0.1) is 0 Å². The molecule has 7 heteroatoms. The molecule has 1 amide bonds. The highest BCUT2D eigenvalue weighted by Crippen LogP contribution is 2.44. The van der Waals surface area contributed by atoms with Gasteiger partial charge in [0.1, 0.15) is 6.61 Å². The third-order valence-corrected chi connectivity index (χ3v) is 6.30. The third-order valence-electron chi connectivity index (χ3n) is 6.30. The summed E-state index contributed by atoms with van der Waals surface area (Å²) in [7, 11) is 0. The van der Waals surface area contributed by atoms with Crippen molar-refractivity contribution in [2.45, 2.75) is 18.4 Å². The number of aromatic nitrogens is 1. The number of pyridine rings is 1. The lowest BCUT2D eigenvalue weighted by atomic mass is 9.98. The molecule has 0 spiro atoms. The van der Waals surface area contributed by atoms with Crippen LogP contribution in [-0.2, 0) is 9.47 Å². The number of nitrogens with zero attached hydrogens (tertiary/aromatic N) is 2. The summed E-state index contributed by atoms with van der Waals surface area (Å²) >= 11 is 0. The zero-order chi connectivity index (χ0) is 22.8. The van der Waals surface area contributed by atoms with E-state index in [9.17, 15) is 14.7 Å². The van der Waals surface area contributed by atoms with Crippen LogP contribution in [0.15, 0.2) is 67.0 Å². The number of carboxylic acids is 1. The second-order valence-electron chi connectivity index (χ2n) is 8.25. The summed E-state index contributed by atoms with van der Waals surface area (Å²) in [5.74, 6) is -1.09. The van der Waals surface area contributed by atoms with Crippen LogP contribution in [0.2, 0.25) is 0 Å². The number of hydrogen-bond donors (Lipinski definition) is 1. The molecule has 1 atom stereocenters. The molecule has 1 saturated heterocycles. The number of carbonyl (C=O) groups excluding carboxylic acids is 1. The average Bonchev–Trinajstić information content (AvgIpc) is 2.98. The SMILES string of the molecule is O=C(O)c1cncc(C2COCCCN2C(=O)OCC2c3ccccc3-c3ccccc32)c1. The Labute approximate surface area is 191 Å². The minimum atomic E-state index is -1.06. The molecule has 1 N–H and O–H groups in total. The molecule has 0 radical (unpaired) electrons. The summed E-state index contributed by atoms with van der Waals surface area (Å²) in [6, 6.07) is 17.5. The van der Waals surface area contributed by atoms with Crippen LogP contribution in [0.1, 0.15) is 45.4 Å². The van der Waals surface area contributed by atoms with Crippen LogP contribution in [0.5, 0.6) is 0 Å². The quantitative estimate of drug-likeness (QED) is 0.638. The Kier molecular flexibility index (Phi) is 5.79. The maximum Gasteiger partial charge on any atom is 0.410 e. The van der Waals surface area contributed by atoms with Gasteiger partial charge in [-0.15, -0.1) is 0 Å². The Hall–Kier alpha value is -3.71. The van der Waals surface area contributed by atoms with E-state index in [1.807, 2.05) is 24.3 Å². The van der Waals surface area contributed by atoms with E-state index >= 15 is 0 Å². The lowest BCUT2D eigenvalue weighted by molar-refractivity contribution is 0.0673. The first kappa shape index (κ1) is 21.2. The van der Waals surface area contributed by atoms with Gasteiger partial charge in [-0.3, -0.25) is 9.88 Å². The van der Waals surface area contributed by atoms with Gasteiger partial charge in [0.15, 0.2) is 0 Å². The number of carbonyl (C=O) groups is 2. The fourth-order valence-corrected chi connectivity index (χ4v) is 4.71. The third kappa shape index (κ3) is 4.07. The van der Waals surface area contributed by atoms with Crippen LogP contribution in [-0.4, -0.2) is 53.4 Å². The molecule has 1 aliphatic carbocycles. The lowest BCUT2D eigenvalue weighted by Crippen LogP contribution is -2.37. The normalized spacial score (nSPS) is 17.7. The molecule has 168 valence electrons. The van der Waals surface area contributed by atoms with Crippen LogP contribution in [0.25, 0.3) is 11.1 Å². The van der Waals surface area contributed by atoms with E-state index in [0.717, 1.165) is 11.1 Å². The number of rotatable bonds is 4. The van der Waals surface area contributed by atoms with Crippen molar-refractivity contribution in [3.63, 3.8) is 0 Å². The topological polar surface area (TPSA) is 89.0 Å². The fraction of sp³-hybridized carbons (Fsp3) is 0.269. The maximum atomic E-state index is 13.2. The van der Waals surface area contributed by atoms with E-state index in [0.29, 0.717) is 25.1 Å². The Morgan fingerprint density at radius 2 is 1.76 bits per heavy atom. The molecular formula is C26H24N2O5. The van der Waals surface area contributed by atoms with Gasteiger partial charge in [0.05, 0.1) is 18.2 Å². The minimum absolute atomic E-state index is 0.0277. The first-order valence-corrected chi connectivity index (χ1v) is 11.0. The Morgan fingerprint density at radius 3 is 2.45 bits per heavy atom.